The normalized spacial score (nSPS) is 23.5. The molecule has 0 heterocycles. The Morgan fingerprint density at radius 2 is 2.19 bits per heavy atom. The summed E-state index contributed by atoms with van der Waals surface area (Å²) in [6.07, 6.45) is 0.855. The maximum atomic E-state index is 11.2. The van der Waals surface area contributed by atoms with Crippen molar-refractivity contribution in [1.82, 2.24) is 5.32 Å². The SMILES string of the molecule is CCNC1CC(Oc2c(C)cc(Br)cc2[N+](=O)[O-])C1(C)C. The highest BCUT2D eigenvalue weighted by atomic mass is 79.9. The van der Waals surface area contributed by atoms with E-state index in [1.807, 2.05) is 13.0 Å². The van der Waals surface area contributed by atoms with E-state index in [2.05, 4.69) is 42.0 Å². The number of rotatable bonds is 5. The highest BCUT2D eigenvalue weighted by molar-refractivity contribution is 9.10. The van der Waals surface area contributed by atoms with E-state index in [1.54, 1.807) is 0 Å². The maximum Gasteiger partial charge on any atom is 0.312 e. The fourth-order valence-electron chi connectivity index (χ4n) is 2.82. The van der Waals surface area contributed by atoms with E-state index in [0.717, 1.165) is 18.5 Å². The quantitative estimate of drug-likeness (QED) is 0.643. The standard InChI is InChI=1S/C15H21BrN2O3/c1-5-17-12-8-13(15(12,3)4)21-14-9(2)6-10(16)7-11(14)18(19)20/h6-7,12-13,17H,5,8H2,1-4H3. The van der Waals surface area contributed by atoms with Gasteiger partial charge < -0.3 is 10.1 Å². The minimum absolute atomic E-state index is 0.0138. The number of nitrogens with zero attached hydrogens (tertiary/aromatic N) is 1. The van der Waals surface area contributed by atoms with Crippen molar-refractivity contribution in [1.29, 1.82) is 0 Å². The van der Waals surface area contributed by atoms with Gasteiger partial charge in [0.05, 0.1) is 4.92 Å². The van der Waals surface area contributed by atoms with Gasteiger partial charge in [0.25, 0.3) is 0 Å². The lowest BCUT2D eigenvalue weighted by atomic mass is 9.64. The van der Waals surface area contributed by atoms with Crippen molar-refractivity contribution >= 4 is 21.6 Å². The third kappa shape index (κ3) is 3.06. The van der Waals surface area contributed by atoms with E-state index in [1.165, 1.54) is 6.07 Å². The zero-order valence-electron chi connectivity index (χ0n) is 12.8. The molecule has 1 aromatic carbocycles. The van der Waals surface area contributed by atoms with Gasteiger partial charge in [-0.15, -0.1) is 0 Å². The highest BCUT2D eigenvalue weighted by Gasteiger charge is 2.50. The van der Waals surface area contributed by atoms with Crippen molar-refractivity contribution in [2.45, 2.75) is 46.3 Å². The Bertz CT molecular complexity index is 560. The van der Waals surface area contributed by atoms with Gasteiger partial charge in [0.1, 0.15) is 6.10 Å². The Balaban J connectivity index is 2.23. The smallest absolute Gasteiger partial charge is 0.312 e. The van der Waals surface area contributed by atoms with Crippen molar-refractivity contribution in [3.8, 4) is 5.75 Å². The summed E-state index contributed by atoms with van der Waals surface area (Å²) in [5.41, 5.74) is 0.756. The molecule has 0 amide bonds. The molecule has 0 bridgehead atoms. The number of nitro groups is 1. The van der Waals surface area contributed by atoms with Gasteiger partial charge in [-0.05, 0) is 25.1 Å². The summed E-state index contributed by atoms with van der Waals surface area (Å²) in [4.78, 5) is 10.8. The first-order chi connectivity index (χ1) is 9.77. The molecule has 6 heteroatoms. The molecule has 116 valence electrons. The number of benzene rings is 1. The van der Waals surface area contributed by atoms with Crippen LogP contribution in [0.1, 0.15) is 32.8 Å². The van der Waals surface area contributed by atoms with Crippen LogP contribution in [0.4, 0.5) is 5.69 Å². The molecule has 0 radical (unpaired) electrons. The summed E-state index contributed by atoms with van der Waals surface area (Å²) >= 11 is 3.30. The third-order valence-corrected chi connectivity index (χ3v) is 4.76. The first kappa shape index (κ1) is 16.2. The molecular weight excluding hydrogens is 336 g/mol. The summed E-state index contributed by atoms with van der Waals surface area (Å²) in [7, 11) is 0. The minimum Gasteiger partial charge on any atom is -0.483 e. The average molecular weight is 357 g/mol. The first-order valence-corrected chi connectivity index (χ1v) is 7.91. The fraction of sp³-hybridized carbons (Fsp3) is 0.600. The highest BCUT2D eigenvalue weighted by Crippen LogP contribution is 2.45. The first-order valence-electron chi connectivity index (χ1n) is 7.12. The van der Waals surface area contributed by atoms with Gasteiger partial charge in [0.15, 0.2) is 5.75 Å². The van der Waals surface area contributed by atoms with Gasteiger partial charge >= 0.3 is 5.69 Å². The van der Waals surface area contributed by atoms with Crippen LogP contribution < -0.4 is 10.1 Å². The number of hydrogen-bond donors (Lipinski definition) is 1. The lowest BCUT2D eigenvalue weighted by Gasteiger charge is -2.51. The molecule has 0 aromatic heterocycles. The van der Waals surface area contributed by atoms with E-state index in [-0.39, 0.29) is 22.1 Å². The largest absolute Gasteiger partial charge is 0.483 e. The molecule has 21 heavy (non-hydrogen) atoms. The van der Waals surface area contributed by atoms with Gasteiger partial charge in [-0.1, -0.05) is 36.7 Å². The molecule has 2 unspecified atom stereocenters. The van der Waals surface area contributed by atoms with Crippen LogP contribution in [0.2, 0.25) is 0 Å². The summed E-state index contributed by atoms with van der Waals surface area (Å²) < 4.78 is 6.71. The van der Waals surface area contributed by atoms with E-state index < -0.39 is 0 Å². The van der Waals surface area contributed by atoms with Crippen molar-refractivity contribution in [2.24, 2.45) is 5.41 Å². The molecule has 5 nitrogen and oxygen atoms in total. The van der Waals surface area contributed by atoms with Crippen LogP contribution in [0.5, 0.6) is 5.75 Å². The number of hydrogen-bond acceptors (Lipinski definition) is 4. The van der Waals surface area contributed by atoms with Crippen LogP contribution >= 0.6 is 15.9 Å². The van der Waals surface area contributed by atoms with Crippen molar-refractivity contribution < 1.29 is 9.66 Å². The fourth-order valence-corrected chi connectivity index (χ4v) is 3.38. The minimum atomic E-state index is -0.388. The molecule has 0 saturated heterocycles. The molecule has 1 aliphatic carbocycles. The van der Waals surface area contributed by atoms with Crippen molar-refractivity contribution in [3.05, 3.63) is 32.3 Å². The second-order valence-corrected chi connectivity index (χ2v) is 7.02. The van der Waals surface area contributed by atoms with E-state index >= 15 is 0 Å². The van der Waals surface area contributed by atoms with Gasteiger partial charge in [-0.3, -0.25) is 10.1 Å². The summed E-state index contributed by atoms with van der Waals surface area (Å²) in [5.74, 6) is 0.385. The van der Waals surface area contributed by atoms with Gasteiger partial charge in [-0.2, -0.15) is 0 Å². The monoisotopic (exact) mass is 356 g/mol. The van der Waals surface area contributed by atoms with E-state index in [9.17, 15) is 10.1 Å². The van der Waals surface area contributed by atoms with Crippen LogP contribution in [0, 0.1) is 22.5 Å². The molecule has 1 fully saturated rings. The second-order valence-electron chi connectivity index (χ2n) is 6.10. The molecule has 2 rings (SSSR count). The predicted octanol–water partition coefficient (Wildman–Crippen LogP) is 3.82. The topological polar surface area (TPSA) is 64.4 Å². The van der Waals surface area contributed by atoms with Crippen LogP contribution in [-0.4, -0.2) is 23.6 Å². The van der Waals surface area contributed by atoms with Gasteiger partial charge in [0.2, 0.25) is 0 Å². The molecule has 0 spiro atoms. The molecular formula is C15H21BrN2O3. The van der Waals surface area contributed by atoms with Gasteiger partial charge in [0, 0.05) is 28.4 Å². The number of halogens is 1. The Morgan fingerprint density at radius 3 is 2.71 bits per heavy atom. The molecule has 1 N–H and O–H groups in total. The van der Waals surface area contributed by atoms with Crippen LogP contribution in [0.25, 0.3) is 0 Å². The lowest BCUT2D eigenvalue weighted by Crippen LogP contribution is -2.62. The summed E-state index contributed by atoms with van der Waals surface area (Å²) in [6.45, 7) is 9.09. The lowest BCUT2D eigenvalue weighted by molar-refractivity contribution is -0.386. The third-order valence-electron chi connectivity index (χ3n) is 4.30. The van der Waals surface area contributed by atoms with Crippen LogP contribution in [0.3, 0.4) is 0 Å². The molecule has 1 saturated carbocycles. The zero-order chi connectivity index (χ0) is 15.8. The van der Waals surface area contributed by atoms with Gasteiger partial charge in [-0.25, -0.2) is 0 Å². The number of nitro benzene ring substituents is 1. The summed E-state index contributed by atoms with van der Waals surface area (Å²) in [6, 6.07) is 3.73. The second kappa shape index (κ2) is 5.93. The molecule has 2 atom stereocenters. The van der Waals surface area contributed by atoms with Crippen LogP contribution in [-0.2, 0) is 0 Å². The predicted molar refractivity (Wildman–Crippen MR) is 85.8 cm³/mol. The van der Waals surface area contributed by atoms with Crippen LogP contribution in [0.15, 0.2) is 16.6 Å². The Kier molecular flexibility index (Phi) is 4.58. The Morgan fingerprint density at radius 1 is 1.52 bits per heavy atom. The van der Waals surface area contributed by atoms with Crippen molar-refractivity contribution in [3.63, 3.8) is 0 Å². The number of ether oxygens (including phenoxy) is 1. The molecule has 1 aromatic rings. The maximum absolute atomic E-state index is 11.2. The molecule has 0 aliphatic heterocycles. The van der Waals surface area contributed by atoms with Crippen molar-refractivity contribution in [2.75, 3.05) is 6.54 Å². The van der Waals surface area contributed by atoms with E-state index in [4.69, 9.17) is 4.74 Å². The zero-order valence-corrected chi connectivity index (χ0v) is 14.4. The Labute approximate surface area is 133 Å². The number of nitrogens with one attached hydrogen (secondary N) is 1. The summed E-state index contributed by atoms with van der Waals surface area (Å²) in [5, 5.41) is 14.7. The average Bonchev–Trinajstić information content (AvgIpc) is 2.39. The van der Waals surface area contributed by atoms with E-state index in [0.29, 0.717) is 16.3 Å². The molecule has 1 aliphatic rings. The Hall–Kier alpha value is -1.14. The number of aryl methyl sites for hydroxylation is 1.